The molecule has 1 saturated heterocycles. The molecule has 0 aromatic carbocycles. The van der Waals surface area contributed by atoms with Gasteiger partial charge in [-0.2, -0.15) is 0 Å². The van der Waals surface area contributed by atoms with Crippen LogP contribution in [-0.4, -0.2) is 47.7 Å². The standard InChI is InChI=1S/C13H24N2O2/c1-2-11-5-3-4-6-13(11,12(16)17)15-9-7-14-8-10-15/h11,14H,2-10H2,1H3,(H,16,17). The Kier molecular flexibility index (Phi) is 4.05. The third kappa shape index (κ3) is 2.20. The number of hydrogen-bond acceptors (Lipinski definition) is 3. The van der Waals surface area contributed by atoms with Crippen molar-refractivity contribution in [3.63, 3.8) is 0 Å². The van der Waals surface area contributed by atoms with E-state index in [2.05, 4.69) is 17.1 Å². The number of hydrogen-bond donors (Lipinski definition) is 2. The Morgan fingerprint density at radius 3 is 2.71 bits per heavy atom. The number of carboxylic acid groups (broad SMARTS) is 1. The molecule has 2 fully saturated rings. The highest BCUT2D eigenvalue weighted by Crippen LogP contribution is 2.40. The maximum atomic E-state index is 11.9. The van der Waals surface area contributed by atoms with Crippen LogP contribution in [0, 0.1) is 5.92 Å². The molecule has 0 amide bonds. The van der Waals surface area contributed by atoms with Gasteiger partial charge in [-0.1, -0.05) is 26.2 Å². The van der Waals surface area contributed by atoms with E-state index < -0.39 is 11.5 Å². The molecule has 4 nitrogen and oxygen atoms in total. The van der Waals surface area contributed by atoms with E-state index in [0.717, 1.165) is 51.9 Å². The average Bonchev–Trinajstić information content (AvgIpc) is 2.39. The van der Waals surface area contributed by atoms with Crippen molar-refractivity contribution in [3.8, 4) is 0 Å². The van der Waals surface area contributed by atoms with Crippen molar-refractivity contribution in [1.29, 1.82) is 0 Å². The van der Waals surface area contributed by atoms with Gasteiger partial charge in [0.2, 0.25) is 0 Å². The normalized spacial score (nSPS) is 35.7. The fourth-order valence-corrected chi connectivity index (χ4v) is 3.67. The molecule has 0 aromatic heterocycles. The summed E-state index contributed by atoms with van der Waals surface area (Å²) in [6.45, 7) is 5.73. The van der Waals surface area contributed by atoms with Crippen LogP contribution in [0.4, 0.5) is 0 Å². The van der Waals surface area contributed by atoms with Crippen LogP contribution in [0.5, 0.6) is 0 Å². The fourth-order valence-electron chi connectivity index (χ4n) is 3.67. The van der Waals surface area contributed by atoms with E-state index in [9.17, 15) is 9.90 Å². The van der Waals surface area contributed by atoms with Gasteiger partial charge in [-0.25, -0.2) is 0 Å². The smallest absolute Gasteiger partial charge is 0.324 e. The summed E-state index contributed by atoms with van der Waals surface area (Å²) in [4.78, 5) is 14.1. The van der Waals surface area contributed by atoms with Gasteiger partial charge in [-0.3, -0.25) is 9.69 Å². The lowest BCUT2D eigenvalue weighted by atomic mass is 9.70. The van der Waals surface area contributed by atoms with Gasteiger partial charge in [0.25, 0.3) is 0 Å². The van der Waals surface area contributed by atoms with E-state index in [1.54, 1.807) is 0 Å². The van der Waals surface area contributed by atoms with E-state index in [0.29, 0.717) is 5.92 Å². The van der Waals surface area contributed by atoms with Crippen molar-refractivity contribution < 1.29 is 9.90 Å². The molecule has 2 unspecified atom stereocenters. The summed E-state index contributed by atoms with van der Waals surface area (Å²) < 4.78 is 0. The minimum atomic E-state index is -0.592. The van der Waals surface area contributed by atoms with Gasteiger partial charge >= 0.3 is 5.97 Å². The Morgan fingerprint density at radius 1 is 1.41 bits per heavy atom. The van der Waals surface area contributed by atoms with Crippen molar-refractivity contribution >= 4 is 5.97 Å². The van der Waals surface area contributed by atoms with Crippen LogP contribution >= 0.6 is 0 Å². The molecule has 1 aliphatic carbocycles. The van der Waals surface area contributed by atoms with Crippen LogP contribution < -0.4 is 5.32 Å². The molecule has 17 heavy (non-hydrogen) atoms. The number of nitrogens with one attached hydrogen (secondary N) is 1. The number of rotatable bonds is 3. The maximum Gasteiger partial charge on any atom is 0.324 e. The second kappa shape index (κ2) is 5.36. The van der Waals surface area contributed by atoms with Crippen molar-refractivity contribution in [3.05, 3.63) is 0 Å². The molecule has 0 bridgehead atoms. The minimum Gasteiger partial charge on any atom is -0.480 e. The van der Waals surface area contributed by atoms with Gasteiger partial charge in [-0.05, 0) is 18.8 Å². The van der Waals surface area contributed by atoms with Crippen molar-refractivity contribution in [2.45, 2.75) is 44.6 Å². The van der Waals surface area contributed by atoms with E-state index in [4.69, 9.17) is 0 Å². The molecular formula is C13H24N2O2. The SMILES string of the molecule is CCC1CCCCC1(C(=O)O)N1CCNCC1. The Bertz CT molecular complexity index is 277. The minimum absolute atomic E-state index is 0.326. The van der Waals surface area contributed by atoms with Crippen molar-refractivity contribution in [2.75, 3.05) is 26.2 Å². The Morgan fingerprint density at radius 2 is 2.12 bits per heavy atom. The molecule has 1 heterocycles. The number of carbonyl (C=O) groups is 1. The van der Waals surface area contributed by atoms with Crippen molar-refractivity contribution in [2.24, 2.45) is 5.92 Å². The second-order valence-electron chi connectivity index (χ2n) is 5.32. The van der Waals surface area contributed by atoms with Gasteiger partial charge in [0.15, 0.2) is 0 Å². The molecule has 1 saturated carbocycles. The summed E-state index contributed by atoms with van der Waals surface area (Å²) in [5, 5.41) is 13.1. The lowest BCUT2D eigenvalue weighted by Crippen LogP contribution is -2.64. The molecule has 0 radical (unpaired) electrons. The summed E-state index contributed by atoms with van der Waals surface area (Å²) in [5.74, 6) is -0.266. The maximum absolute atomic E-state index is 11.9. The zero-order chi connectivity index (χ0) is 12.3. The molecule has 2 aliphatic rings. The first-order chi connectivity index (χ1) is 8.21. The number of piperazine rings is 1. The largest absolute Gasteiger partial charge is 0.480 e. The molecule has 2 rings (SSSR count). The third-order valence-corrected chi connectivity index (χ3v) is 4.58. The van der Waals surface area contributed by atoms with Crippen LogP contribution in [-0.2, 0) is 4.79 Å². The monoisotopic (exact) mass is 240 g/mol. The van der Waals surface area contributed by atoms with E-state index in [1.807, 2.05) is 0 Å². The Balaban J connectivity index is 2.25. The lowest BCUT2D eigenvalue weighted by molar-refractivity contribution is -0.160. The zero-order valence-corrected chi connectivity index (χ0v) is 10.7. The van der Waals surface area contributed by atoms with Gasteiger partial charge in [0, 0.05) is 26.2 Å². The first-order valence-corrected chi connectivity index (χ1v) is 6.91. The molecule has 1 aliphatic heterocycles. The quantitative estimate of drug-likeness (QED) is 0.781. The first-order valence-electron chi connectivity index (χ1n) is 6.91. The summed E-state index contributed by atoms with van der Waals surface area (Å²) in [6.07, 6.45) is 5.15. The number of carboxylic acids is 1. The molecule has 4 heteroatoms. The molecule has 2 N–H and O–H groups in total. The average molecular weight is 240 g/mol. The Hall–Kier alpha value is -0.610. The van der Waals surface area contributed by atoms with Crippen LogP contribution in [0.15, 0.2) is 0 Å². The van der Waals surface area contributed by atoms with E-state index in [-0.39, 0.29) is 0 Å². The summed E-state index contributed by atoms with van der Waals surface area (Å²) in [5.41, 5.74) is -0.574. The molecule has 0 aromatic rings. The topological polar surface area (TPSA) is 52.6 Å². The summed E-state index contributed by atoms with van der Waals surface area (Å²) in [7, 11) is 0. The number of nitrogens with zero attached hydrogens (tertiary/aromatic N) is 1. The summed E-state index contributed by atoms with van der Waals surface area (Å²) >= 11 is 0. The van der Waals surface area contributed by atoms with Crippen molar-refractivity contribution in [1.82, 2.24) is 10.2 Å². The zero-order valence-electron chi connectivity index (χ0n) is 10.7. The molecular weight excluding hydrogens is 216 g/mol. The third-order valence-electron chi connectivity index (χ3n) is 4.58. The van der Waals surface area contributed by atoms with Crippen LogP contribution in [0.3, 0.4) is 0 Å². The second-order valence-corrected chi connectivity index (χ2v) is 5.32. The fraction of sp³-hybridized carbons (Fsp3) is 0.923. The van der Waals surface area contributed by atoms with E-state index in [1.165, 1.54) is 6.42 Å². The van der Waals surface area contributed by atoms with Gasteiger partial charge < -0.3 is 10.4 Å². The molecule has 98 valence electrons. The summed E-state index contributed by atoms with van der Waals surface area (Å²) in [6, 6.07) is 0. The number of aliphatic carboxylic acids is 1. The predicted octanol–water partition coefficient (Wildman–Crippen LogP) is 1.32. The molecule has 2 atom stereocenters. The van der Waals surface area contributed by atoms with Crippen LogP contribution in [0.2, 0.25) is 0 Å². The predicted molar refractivity (Wildman–Crippen MR) is 67.1 cm³/mol. The highest BCUT2D eigenvalue weighted by molar-refractivity contribution is 5.79. The first kappa shape index (κ1) is 12.8. The van der Waals surface area contributed by atoms with Gasteiger partial charge in [0.1, 0.15) is 5.54 Å². The molecule has 0 spiro atoms. The highest BCUT2D eigenvalue weighted by atomic mass is 16.4. The highest BCUT2D eigenvalue weighted by Gasteiger charge is 2.50. The Labute approximate surface area is 103 Å². The van der Waals surface area contributed by atoms with E-state index >= 15 is 0 Å². The van der Waals surface area contributed by atoms with Gasteiger partial charge in [0.05, 0.1) is 0 Å². The van der Waals surface area contributed by atoms with Gasteiger partial charge in [-0.15, -0.1) is 0 Å². The van der Waals surface area contributed by atoms with Crippen LogP contribution in [0.25, 0.3) is 0 Å². The lowest BCUT2D eigenvalue weighted by Gasteiger charge is -2.49. The van der Waals surface area contributed by atoms with Crippen LogP contribution in [0.1, 0.15) is 39.0 Å².